The minimum atomic E-state index is -0.372. The molecule has 4 nitrogen and oxygen atoms in total. The summed E-state index contributed by atoms with van der Waals surface area (Å²) in [6, 6.07) is 0. The summed E-state index contributed by atoms with van der Waals surface area (Å²) in [5.74, 6) is -0.257. The third-order valence-corrected chi connectivity index (χ3v) is 2.01. The molecule has 0 saturated heterocycles. The molecular weight excluding hydrogens is 184 g/mol. The zero-order valence-electron chi connectivity index (χ0n) is 8.37. The van der Waals surface area contributed by atoms with Gasteiger partial charge in [0.25, 0.3) is 0 Å². The summed E-state index contributed by atoms with van der Waals surface area (Å²) in [5.41, 5.74) is 0. The Morgan fingerprint density at radius 2 is 1.07 bits per heavy atom. The smallest absolute Gasteiger partial charge is 0.158 e. The average molecular weight is 202 g/mol. The molecule has 2 N–H and O–H groups in total. The average Bonchev–Trinajstić information content (AvgIpc) is 2.22. The molecule has 0 aliphatic heterocycles. The van der Waals surface area contributed by atoms with Crippen LogP contribution in [0.15, 0.2) is 0 Å². The molecule has 0 atom stereocenters. The molecular formula is C10H18O4. The van der Waals surface area contributed by atoms with Gasteiger partial charge in [0.2, 0.25) is 0 Å². The molecule has 0 amide bonds. The van der Waals surface area contributed by atoms with Gasteiger partial charge in [-0.15, -0.1) is 0 Å². The van der Waals surface area contributed by atoms with E-state index < -0.39 is 0 Å². The predicted octanol–water partition coefficient (Wildman–Crippen LogP) is 0.450. The molecule has 0 aromatic carbocycles. The Kier molecular flexibility index (Phi) is 8.37. The number of aliphatic hydroxyl groups excluding tert-OH is 2. The predicted molar refractivity (Wildman–Crippen MR) is 51.9 cm³/mol. The molecule has 0 spiro atoms. The van der Waals surface area contributed by atoms with Crippen LogP contribution in [0.25, 0.3) is 0 Å². The van der Waals surface area contributed by atoms with E-state index in [0.29, 0.717) is 12.8 Å². The Morgan fingerprint density at radius 1 is 0.714 bits per heavy atom. The fourth-order valence-corrected chi connectivity index (χ4v) is 1.16. The van der Waals surface area contributed by atoms with Gasteiger partial charge in [0.15, 0.2) is 11.6 Å². The number of hydrogen-bond donors (Lipinski definition) is 2. The maximum absolute atomic E-state index is 10.7. The number of ketones is 2. The van der Waals surface area contributed by atoms with Crippen molar-refractivity contribution in [1.82, 2.24) is 0 Å². The third kappa shape index (κ3) is 7.89. The van der Waals surface area contributed by atoms with Crippen molar-refractivity contribution in [2.24, 2.45) is 0 Å². The lowest BCUT2D eigenvalue weighted by atomic mass is 10.1. The van der Waals surface area contributed by atoms with Crippen molar-refractivity contribution in [2.75, 3.05) is 13.2 Å². The Labute approximate surface area is 83.9 Å². The number of unbranched alkanes of at least 4 members (excludes halogenated alkanes) is 3. The van der Waals surface area contributed by atoms with Gasteiger partial charge in [-0.05, 0) is 12.8 Å². The van der Waals surface area contributed by atoms with Gasteiger partial charge in [-0.1, -0.05) is 12.8 Å². The van der Waals surface area contributed by atoms with Crippen LogP contribution in [-0.2, 0) is 9.59 Å². The third-order valence-electron chi connectivity index (χ3n) is 2.01. The highest BCUT2D eigenvalue weighted by Crippen LogP contribution is 2.05. The zero-order valence-corrected chi connectivity index (χ0v) is 8.37. The number of Topliss-reactive ketones (excluding diaryl/α,β-unsaturated/α-hetero) is 2. The van der Waals surface area contributed by atoms with Crippen molar-refractivity contribution < 1.29 is 19.8 Å². The van der Waals surface area contributed by atoms with E-state index in [9.17, 15) is 9.59 Å². The van der Waals surface area contributed by atoms with E-state index in [4.69, 9.17) is 10.2 Å². The molecule has 0 radical (unpaired) electrons. The number of carbonyl (C=O) groups excluding carboxylic acids is 2. The first kappa shape index (κ1) is 13.3. The van der Waals surface area contributed by atoms with Gasteiger partial charge in [0, 0.05) is 12.8 Å². The SMILES string of the molecule is O=C(CO)CCCCCCC(=O)CO. The van der Waals surface area contributed by atoms with Crippen LogP contribution in [0.1, 0.15) is 38.5 Å². The molecule has 0 aliphatic rings. The second-order valence-corrected chi connectivity index (χ2v) is 3.31. The van der Waals surface area contributed by atoms with Crippen molar-refractivity contribution in [3.8, 4) is 0 Å². The number of carbonyl (C=O) groups is 2. The second-order valence-electron chi connectivity index (χ2n) is 3.31. The largest absolute Gasteiger partial charge is 0.389 e. The van der Waals surface area contributed by atoms with Crippen LogP contribution in [-0.4, -0.2) is 35.0 Å². The number of hydrogen-bond acceptors (Lipinski definition) is 4. The van der Waals surface area contributed by atoms with Crippen LogP contribution in [0, 0.1) is 0 Å². The summed E-state index contributed by atoms with van der Waals surface area (Å²) in [6.45, 7) is -0.744. The molecule has 4 heteroatoms. The molecule has 0 saturated carbocycles. The van der Waals surface area contributed by atoms with Gasteiger partial charge in [-0.25, -0.2) is 0 Å². The molecule has 82 valence electrons. The molecule has 0 heterocycles. The van der Waals surface area contributed by atoms with Crippen molar-refractivity contribution in [2.45, 2.75) is 38.5 Å². The van der Waals surface area contributed by atoms with Crippen molar-refractivity contribution in [3.05, 3.63) is 0 Å². The molecule has 0 aromatic rings. The van der Waals surface area contributed by atoms with Crippen LogP contribution in [0.2, 0.25) is 0 Å². The molecule has 0 rings (SSSR count). The summed E-state index contributed by atoms with van der Waals surface area (Å²) < 4.78 is 0. The van der Waals surface area contributed by atoms with Gasteiger partial charge in [0.05, 0.1) is 0 Å². The Hall–Kier alpha value is -0.740. The quantitative estimate of drug-likeness (QED) is 0.532. The lowest BCUT2D eigenvalue weighted by Gasteiger charge is -1.99. The fourth-order valence-electron chi connectivity index (χ4n) is 1.16. The minimum Gasteiger partial charge on any atom is -0.389 e. The minimum absolute atomic E-state index is 0.128. The van der Waals surface area contributed by atoms with Crippen LogP contribution in [0.5, 0.6) is 0 Å². The van der Waals surface area contributed by atoms with Crippen molar-refractivity contribution in [1.29, 1.82) is 0 Å². The fraction of sp³-hybridized carbons (Fsp3) is 0.800. The van der Waals surface area contributed by atoms with E-state index in [2.05, 4.69) is 0 Å². The lowest BCUT2D eigenvalue weighted by Crippen LogP contribution is -2.04. The van der Waals surface area contributed by atoms with Gasteiger partial charge in [0.1, 0.15) is 13.2 Å². The van der Waals surface area contributed by atoms with E-state index in [1.165, 1.54) is 0 Å². The molecule has 0 unspecified atom stereocenters. The number of aliphatic hydroxyl groups is 2. The van der Waals surface area contributed by atoms with E-state index in [1.54, 1.807) is 0 Å². The normalized spacial score (nSPS) is 10.1. The molecule has 14 heavy (non-hydrogen) atoms. The van der Waals surface area contributed by atoms with E-state index >= 15 is 0 Å². The first-order valence-corrected chi connectivity index (χ1v) is 4.95. The Morgan fingerprint density at radius 3 is 1.36 bits per heavy atom. The molecule has 0 aliphatic carbocycles. The van der Waals surface area contributed by atoms with Gasteiger partial charge < -0.3 is 10.2 Å². The first-order chi connectivity index (χ1) is 6.70. The highest BCUT2D eigenvalue weighted by Gasteiger charge is 2.00. The summed E-state index contributed by atoms with van der Waals surface area (Å²) in [7, 11) is 0. The Balaban J connectivity index is 3.14. The first-order valence-electron chi connectivity index (χ1n) is 4.95. The summed E-state index contributed by atoms with van der Waals surface area (Å²) in [4.78, 5) is 21.3. The van der Waals surface area contributed by atoms with Crippen LogP contribution < -0.4 is 0 Å². The summed E-state index contributed by atoms with van der Waals surface area (Å²) >= 11 is 0. The second kappa shape index (κ2) is 8.84. The summed E-state index contributed by atoms with van der Waals surface area (Å²) in [5, 5.41) is 16.8. The highest BCUT2D eigenvalue weighted by atomic mass is 16.3. The maximum Gasteiger partial charge on any atom is 0.158 e. The van der Waals surface area contributed by atoms with Gasteiger partial charge in [-0.3, -0.25) is 9.59 Å². The standard InChI is InChI=1S/C10H18O4/c11-7-9(13)5-3-1-2-4-6-10(14)8-12/h11-12H,1-8H2. The lowest BCUT2D eigenvalue weighted by molar-refractivity contribution is -0.122. The van der Waals surface area contributed by atoms with E-state index in [0.717, 1.165) is 25.7 Å². The summed E-state index contributed by atoms with van der Waals surface area (Å²) in [6.07, 6.45) is 4.17. The van der Waals surface area contributed by atoms with Crippen LogP contribution >= 0.6 is 0 Å². The van der Waals surface area contributed by atoms with Crippen LogP contribution in [0.4, 0.5) is 0 Å². The Bertz CT molecular complexity index is 157. The van der Waals surface area contributed by atoms with E-state index in [1.807, 2.05) is 0 Å². The van der Waals surface area contributed by atoms with Crippen molar-refractivity contribution in [3.63, 3.8) is 0 Å². The molecule has 0 aromatic heterocycles. The maximum atomic E-state index is 10.7. The molecule has 0 bridgehead atoms. The monoisotopic (exact) mass is 202 g/mol. The van der Waals surface area contributed by atoms with E-state index in [-0.39, 0.29) is 24.8 Å². The van der Waals surface area contributed by atoms with Gasteiger partial charge >= 0.3 is 0 Å². The van der Waals surface area contributed by atoms with Crippen molar-refractivity contribution >= 4 is 11.6 Å². The molecule has 0 fully saturated rings. The van der Waals surface area contributed by atoms with Gasteiger partial charge in [-0.2, -0.15) is 0 Å². The number of rotatable bonds is 9. The van der Waals surface area contributed by atoms with Crippen LogP contribution in [0.3, 0.4) is 0 Å². The topological polar surface area (TPSA) is 74.6 Å². The highest BCUT2D eigenvalue weighted by molar-refractivity contribution is 5.79. The zero-order chi connectivity index (χ0) is 10.8.